The second-order valence-corrected chi connectivity index (χ2v) is 6.85. The van der Waals surface area contributed by atoms with Crippen molar-refractivity contribution in [3.8, 4) is 0 Å². The zero-order valence-corrected chi connectivity index (χ0v) is 14.9. The molecule has 0 aliphatic heterocycles. The molecule has 22 heavy (non-hydrogen) atoms. The van der Waals surface area contributed by atoms with Crippen molar-refractivity contribution in [1.29, 1.82) is 0 Å². The van der Waals surface area contributed by atoms with Gasteiger partial charge < -0.3 is 14.5 Å². The van der Waals surface area contributed by atoms with Crippen molar-refractivity contribution in [1.82, 2.24) is 0 Å². The van der Waals surface area contributed by atoms with Crippen LogP contribution < -0.4 is 0 Å². The Balaban J connectivity index is 5.41. The van der Waals surface area contributed by atoms with E-state index >= 15 is 0 Å². The molecule has 1 unspecified atom stereocenters. The summed E-state index contributed by atoms with van der Waals surface area (Å²) in [5, 5.41) is 0. The van der Waals surface area contributed by atoms with Crippen molar-refractivity contribution in [3.05, 3.63) is 12.2 Å². The molecule has 1 atom stereocenters. The zero-order chi connectivity index (χ0) is 17.4. The maximum atomic E-state index is 11.7. The number of unbranched alkanes of at least 4 members (excludes halogenated alkanes) is 2. The van der Waals surface area contributed by atoms with Gasteiger partial charge in [-0.05, 0) is 26.7 Å². The first kappa shape index (κ1) is 21.3. The first-order chi connectivity index (χ1) is 10.1. The van der Waals surface area contributed by atoms with E-state index in [1.165, 1.54) is 6.92 Å². The number of phosphoric ester groups is 1. The molecule has 0 aromatic carbocycles. The van der Waals surface area contributed by atoms with Gasteiger partial charge in [-0.25, -0.2) is 9.36 Å². The number of carbonyl (C=O) groups excluding carboxylic acids is 1. The van der Waals surface area contributed by atoms with E-state index in [1.807, 2.05) is 13.8 Å². The predicted octanol–water partition coefficient (Wildman–Crippen LogP) is 3.72. The molecule has 0 aliphatic carbocycles. The van der Waals surface area contributed by atoms with Gasteiger partial charge in [0.2, 0.25) is 0 Å². The van der Waals surface area contributed by atoms with Crippen LogP contribution in [0.25, 0.3) is 0 Å². The van der Waals surface area contributed by atoms with Crippen molar-refractivity contribution in [2.45, 2.75) is 77.9 Å². The van der Waals surface area contributed by atoms with Crippen LogP contribution >= 0.6 is 7.82 Å². The highest BCUT2D eigenvalue weighted by molar-refractivity contribution is 7.46. The largest absolute Gasteiger partial charge is 0.470 e. The van der Waals surface area contributed by atoms with E-state index in [9.17, 15) is 19.1 Å². The Hall–Kier alpha value is -0.680. The lowest BCUT2D eigenvalue weighted by Crippen LogP contribution is -2.45. The Morgan fingerprint density at radius 2 is 1.68 bits per heavy atom. The van der Waals surface area contributed by atoms with Gasteiger partial charge in [0.25, 0.3) is 0 Å². The Labute approximate surface area is 133 Å². The molecule has 0 saturated carbocycles. The fourth-order valence-electron chi connectivity index (χ4n) is 2.25. The number of phosphoric acid groups is 1. The second-order valence-electron chi connectivity index (χ2n) is 5.68. The number of esters is 1. The first-order valence-electron chi connectivity index (χ1n) is 7.70. The van der Waals surface area contributed by atoms with Crippen molar-refractivity contribution in [3.63, 3.8) is 0 Å². The van der Waals surface area contributed by atoms with Crippen LogP contribution in [0.2, 0.25) is 0 Å². The van der Waals surface area contributed by atoms with Crippen LogP contribution in [-0.4, -0.2) is 27.5 Å². The molecule has 130 valence electrons. The topological polar surface area (TPSA) is 93.1 Å². The molecule has 0 fully saturated rings. The normalized spacial score (nSPS) is 13.7. The summed E-state index contributed by atoms with van der Waals surface area (Å²) in [6, 6.07) is 0. The predicted molar refractivity (Wildman–Crippen MR) is 85.3 cm³/mol. The molecule has 0 rings (SSSR count). The summed E-state index contributed by atoms with van der Waals surface area (Å²) in [6.45, 7) is 10.6. The van der Waals surface area contributed by atoms with E-state index in [0.29, 0.717) is 12.8 Å². The third-order valence-corrected chi connectivity index (χ3v) is 4.18. The lowest BCUT2D eigenvalue weighted by molar-refractivity contribution is -0.159. The van der Waals surface area contributed by atoms with Crippen LogP contribution in [0.5, 0.6) is 0 Å². The Kier molecular flexibility index (Phi) is 9.16. The van der Waals surface area contributed by atoms with Crippen LogP contribution in [0, 0.1) is 0 Å². The van der Waals surface area contributed by atoms with E-state index in [4.69, 9.17) is 9.26 Å². The van der Waals surface area contributed by atoms with E-state index in [0.717, 1.165) is 25.7 Å². The van der Waals surface area contributed by atoms with Crippen LogP contribution in [0.15, 0.2) is 12.2 Å². The molecule has 0 bridgehead atoms. The van der Waals surface area contributed by atoms with Gasteiger partial charge in [0.15, 0.2) is 0 Å². The fourth-order valence-corrected chi connectivity index (χ4v) is 3.06. The summed E-state index contributed by atoms with van der Waals surface area (Å²) < 4.78 is 21.9. The van der Waals surface area contributed by atoms with Gasteiger partial charge in [-0.15, -0.1) is 0 Å². The zero-order valence-electron chi connectivity index (χ0n) is 14.0. The highest BCUT2D eigenvalue weighted by atomic mass is 31.2. The summed E-state index contributed by atoms with van der Waals surface area (Å²) in [7, 11) is -4.70. The summed E-state index contributed by atoms with van der Waals surface area (Å²) in [4.78, 5) is 30.3. The molecule has 0 saturated heterocycles. The molecule has 0 amide bonds. The van der Waals surface area contributed by atoms with Crippen molar-refractivity contribution in [2.24, 2.45) is 0 Å². The molecule has 0 aromatic heterocycles. The van der Waals surface area contributed by atoms with Gasteiger partial charge in [-0.1, -0.05) is 46.1 Å². The Morgan fingerprint density at radius 3 is 2.00 bits per heavy atom. The van der Waals surface area contributed by atoms with Gasteiger partial charge in [0.1, 0.15) is 11.7 Å². The lowest BCUT2D eigenvalue weighted by atomic mass is 9.86. The van der Waals surface area contributed by atoms with E-state index < -0.39 is 25.5 Å². The van der Waals surface area contributed by atoms with E-state index in [2.05, 4.69) is 6.58 Å². The summed E-state index contributed by atoms with van der Waals surface area (Å²) in [5.74, 6) is -0.584. The van der Waals surface area contributed by atoms with Crippen LogP contribution in [0.3, 0.4) is 0 Å². The molecular weight excluding hydrogens is 307 g/mol. The maximum Gasteiger partial charge on any atom is 0.470 e. The second kappa shape index (κ2) is 9.46. The molecule has 0 aliphatic rings. The van der Waals surface area contributed by atoms with Gasteiger partial charge in [0, 0.05) is 5.57 Å². The quantitative estimate of drug-likeness (QED) is 0.339. The highest BCUT2D eigenvalue weighted by Gasteiger charge is 2.44. The third-order valence-electron chi connectivity index (χ3n) is 3.58. The molecular formula is C15H29O6P. The number of ether oxygens (including phenoxy) is 1. The molecule has 0 aromatic rings. The molecule has 6 nitrogen and oxygen atoms in total. The highest BCUT2D eigenvalue weighted by Crippen LogP contribution is 2.47. The average molecular weight is 336 g/mol. The number of hydrogen-bond acceptors (Lipinski definition) is 4. The minimum absolute atomic E-state index is 0.239. The third kappa shape index (κ3) is 7.54. The van der Waals surface area contributed by atoms with E-state index in [-0.39, 0.29) is 5.57 Å². The molecule has 7 heteroatoms. The number of rotatable bonds is 11. The smallest absolute Gasteiger partial charge is 0.456 e. The standard InChI is InChI=1S/C15H29O6P/c1-6-8-10-15(11-9-7-2,21-22(17,18)19)13(5)20-14(16)12(3)4/h13H,3,6-11H2,1-2,4-5H3,(H2,17,18,19). The summed E-state index contributed by atoms with van der Waals surface area (Å²) in [6.07, 6.45) is 3.19. The first-order valence-corrected chi connectivity index (χ1v) is 9.23. The summed E-state index contributed by atoms with van der Waals surface area (Å²) >= 11 is 0. The van der Waals surface area contributed by atoms with Gasteiger partial charge in [-0.3, -0.25) is 4.52 Å². The van der Waals surface area contributed by atoms with Gasteiger partial charge >= 0.3 is 13.8 Å². The van der Waals surface area contributed by atoms with Gasteiger partial charge in [0.05, 0.1) is 0 Å². The van der Waals surface area contributed by atoms with E-state index in [1.54, 1.807) is 6.92 Å². The number of hydrogen-bond donors (Lipinski definition) is 2. The fraction of sp³-hybridized carbons (Fsp3) is 0.800. The molecule has 0 spiro atoms. The number of carbonyl (C=O) groups is 1. The Bertz CT molecular complexity index is 406. The monoisotopic (exact) mass is 336 g/mol. The van der Waals surface area contributed by atoms with Gasteiger partial charge in [-0.2, -0.15) is 0 Å². The van der Waals surface area contributed by atoms with Crippen molar-refractivity contribution < 1.29 is 28.4 Å². The van der Waals surface area contributed by atoms with Crippen molar-refractivity contribution in [2.75, 3.05) is 0 Å². The van der Waals surface area contributed by atoms with Crippen molar-refractivity contribution >= 4 is 13.8 Å². The lowest BCUT2D eigenvalue weighted by Gasteiger charge is -2.38. The van der Waals surface area contributed by atoms with Crippen LogP contribution in [0.4, 0.5) is 0 Å². The van der Waals surface area contributed by atoms with Crippen LogP contribution in [-0.2, 0) is 18.6 Å². The average Bonchev–Trinajstić information content (AvgIpc) is 2.40. The minimum Gasteiger partial charge on any atom is -0.456 e. The minimum atomic E-state index is -4.70. The maximum absolute atomic E-state index is 11.7. The molecule has 0 radical (unpaired) electrons. The Morgan fingerprint density at radius 1 is 1.23 bits per heavy atom. The van der Waals surface area contributed by atoms with Crippen LogP contribution in [0.1, 0.15) is 66.2 Å². The molecule has 2 N–H and O–H groups in total. The molecule has 0 heterocycles. The SMILES string of the molecule is C=C(C)C(=O)OC(C)C(CCCC)(CCCC)OP(=O)(O)O. The summed E-state index contributed by atoms with van der Waals surface area (Å²) in [5.41, 5.74) is -0.946.